The Bertz CT molecular complexity index is 421. The van der Waals surface area contributed by atoms with Gasteiger partial charge < -0.3 is 4.98 Å². The Morgan fingerprint density at radius 2 is 2.23 bits per heavy atom. The van der Waals surface area contributed by atoms with Gasteiger partial charge in [-0.2, -0.15) is 5.26 Å². The Morgan fingerprint density at radius 3 is 2.69 bits per heavy atom. The van der Waals surface area contributed by atoms with Gasteiger partial charge in [0, 0.05) is 6.20 Å². The Kier molecular flexibility index (Phi) is 2.78. The maximum atomic E-state index is 12.3. The van der Waals surface area contributed by atoms with Crippen molar-refractivity contribution < 1.29 is 8.78 Å². The molecule has 0 unspecified atom stereocenters. The molecule has 1 rings (SSSR count). The van der Waals surface area contributed by atoms with E-state index in [2.05, 4.69) is 20.9 Å². The molecule has 0 saturated heterocycles. The molecular formula is C7H3BrF2N2O. The molecule has 1 heterocycles. The molecule has 0 aliphatic heterocycles. The summed E-state index contributed by atoms with van der Waals surface area (Å²) in [5.74, 6) is 0. The summed E-state index contributed by atoms with van der Waals surface area (Å²) < 4.78 is 24.5. The van der Waals surface area contributed by atoms with Gasteiger partial charge in [-0.15, -0.1) is 0 Å². The maximum Gasteiger partial charge on any atom is 0.270 e. The topological polar surface area (TPSA) is 56.6 Å². The second-order valence-corrected chi connectivity index (χ2v) is 3.02. The van der Waals surface area contributed by atoms with Gasteiger partial charge in [0.1, 0.15) is 17.3 Å². The van der Waals surface area contributed by atoms with Gasteiger partial charge in [0.2, 0.25) is 5.43 Å². The van der Waals surface area contributed by atoms with Gasteiger partial charge in [-0.25, -0.2) is 8.78 Å². The van der Waals surface area contributed by atoms with E-state index in [0.717, 1.165) is 6.20 Å². The molecule has 0 spiro atoms. The highest BCUT2D eigenvalue weighted by Gasteiger charge is 2.19. The number of alkyl halides is 2. The van der Waals surface area contributed by atoms with Crippen LogP contribution in [0.15, 0.2) is 15.5 Å². The summed E-state index contributed by atoms with van der Waals surface area (Å²) in [6.45, 7) is 0. The predicted molar refractivity (Wildman–Crippen MR) is 44.4 cm³/mol. The highest BCUT2D eigenvalue weighted by molar-refractivity contribution is 9.10. The summed E-state index contributed by atoms with van der Waals surface area (Å²) in [6, 6.07) is 1.49. The van der Waals surface area contributed by atoms with Crippen molar-refractivity contribution in [3.05, 3.63) is 32.2 Å². The van der Waals surface area contributed by atoms with Crippen LogP contribution in [0.3, 0.4) is 0 Å². The second kappa shape index (κ2) is 3.66. The molecule has 0 aliphatic carbocycles. The van der Waals surface area contributed by atoms with Gasteiger partial charge in [-0.1, -0.05) is 0 Å². The predicted octanol–water partition coefficient (Wildman–Crippen LogP) is 1.95. The molecule has 68 valence electrons. The molecule has 13 heavy (non-hydrogen) atoms. The number of hydrogen-bond acceptors (Lipinski definition) is 2. The number of hydrogen-bond donors (Lipinski definition) is 1. The Balaban J connectivity index is 3.53. The van der Waals surface area contributed by atoms with Crippen molar-refractivity contribution in [3.63, 3.8) is 0 Å². The number of aromatic amines is 1. The molecule has 1 N–H and O–H groups in total. The van der Waals surface area contributed by atoms with Crippen molar-refractivity contribution in [3.8, 4) is 6.07 Å². The Morgan fingerprint density at radius 1 is 1.62 bits per heavy atom. The minimum Gasteiger partial charge on any atom is -0.351 e. The third kappa shape index (κ3) is 1.75. The van der Waals surface area contributed by atoms with E-state index in [1.54, 1.807) is 0 Å². The summed E-state index contributed by atoms with van der Waals surface area (Å²) in [5, 5.41) is 8.41. The van der Waals surface area contributed by atoms with Crippen LogP contribution in [0.2, 0.25) is 0 Å². The quantitative estimate of drug-likeness (QED) is 0.826. The monoisotopic (exact) mass is 248 g/mol. The number of rotatable bonds is 1. The molecule has 1 aromatic heterocycles. The molecule has 0 atom stereocenters. The van der Waals surface area contributed by atoms with Gasteiger partial charge in [0.15, 0.2) is 0 Å². The number of aromatic nitrogens is 1. The van der Waals surface area contributed by atoms with Gasteiger partial charge in [0.25, 0.3) is 6.43 Å². The van der Waals surface area contributed by atoms with Crippen LogP contribution >= 0.6 is 15.9 Å². The first-order valence-corrected chi connectivity index (χ1v) is 3.96. The number of nitrogens with one attached hydrogen (secondary N) is 1. The first kappa shape index (κ1) is 9.86. The van der Waals surface area contributed by atoms with E-state index in [1.165, 1.54) is 6.07 Å². The molecule has 0 saturated carbocycles. The van der Waals surface area contributed by atoms with Crippen LogP contribution in [0.25, 0.3) is 0 Å². The lowest BCUT2D eigenvalue weighted by atomic mass is 10.2. The Hall–Kier alpha value is -1.22. The lowest BCUT2D eigenvalue weighted by Gasteiger charge is -2.01. The molecule has 6 heteroatoms. The minimum absolute atomic E-state index is 0.0122. The van der Waals surface area contributed by atoms with E-state index in [-0.39, 0.29) is 4.47 Å². The molecular weight excluding hydrogens is 246 g/mol. The van der Waals surface area contributed by atoms with Crippen molar-refractivity contribution in [2.45, 2.75) is 6.43 Å². The van der Waals surface area contributed by atoms with Crippen molar-refractivity contribution >= 4 is 15.9 Å². The van der Waals surface area contributed by atoms with E-state index >= 15 is 0 Å². The fourth-order valence-electron chi connectivity index (χ4n) is 0.822. The molecule has 0 aliphatic rings. The largest absolute Gasteiger partial charge is 0.351 e. The molecule has 3 nitrogen and oxygen atoms in total. The van der Waals surface area contributed by atoms with E-state index in [9.17, 15) is 13.6 Å². The zero-order valence-corrected chi connectivity index (χ0v) is 7.73. The second-order valence-electron chi connectivity index (χ2n) is 2.17. The summed E-state index contributed by atoms with van der Waals surface area (Å²) in [5.41, 5.74) is -2.05. The number of H-pyrrole nitrogens is 1. The van der Waals surface area contributed by atoms with Gasteiger partial charge in [-0.3, -0.25) is 4.79 Å². The van der Waals surface area contributed by atoms with Crippen molar-refractivity contribution in [2.24, 2.45) is 0 Å². The summed E-state index contributed by atoms with van der Waals surface area (Å²) in [7, 11) is 0. The van der Waals surface area contributed by atoms with Gasteiger partial charge >= 0.3 is 0 Å². The lowest BCUT2D eigenvalue weighted by Crippen LogP contribution is -2.13. The summed E-state index contributed by atoms with van der Waals surface area (Å²) in [6.07, 6.45) is -1.79. The van der Waals surface area contributed by atoms with Gasteiger partial charge in [-0.05, 0) is 15.9 Å². The molecule has 0 amide bonds. The lowest BCUT2D eigenvalue weighted by molar-refractivity contribution is 0.149. The fraction of sp³-hybridized carbons (Fsp3) is 0.143. The summed E-state index contributed by atoms with van der Waals surface area (Å²) in [4.78, 5) is 13.4. The zero-order valence-electron chi connectivity index (χ0n) is 6.14. The molecule has 0 radical (unpaired) electrons. The van der Waals surface area contributed by atoms with E-state index in [1.807, 2.05) is 0 Å². The highest BCUT2D eigenvalue weighted by Crippen LogP contribution is 2.19. The third-order valence-corrected chi connectivity index (χ3v) is 1.99. The van der Waals surface area contributed by atoms with Crippen molar-refractivity contribution in [2.75, 3.05) is 0 Å². The van der Waals surface area contributed by atoms with Crippen LogP contribution in [0.5, 0.6) is 0 Å². The maximum absolute atomic E-state index is 12.3. The smallest absolute Gasteiger partial charge is 0.270 e. The van der Waals surface area contributed by atoms with E-state index < -0.39 is 23.1 Å². The SMILES string of the molecule is N#Cc1[nH]cc(Br)c(=O)c1C(F)F. The molecule has 0 bridgehead atoms. The zero-order chi connectivity index (χ0) is 10.0. The normalized spacial score (nSPS) is 10.1. The number of nitrogens with zero attached hydrogens (tertiary/aromatic N) is 1. The summed E-state index contributed by atoms with van der Waals surface area (Å²) >= 11 is 2.79. The number of halogens is 3. The Labute approximate surface area is 80.1 Å². The van der Waals surface area contributed by atoms with Crippen LogP contribution in [0.1, 0.15) is 17.7 Å². The van der Waals surface area contributed by atoms with Crippen LogP contribution in [-0.2, 0) is 0 Å². The van der Waals surface area contributed by atoms with Crippen LogP contribution in [-0.4, -0.2) is 4.98 Å². The highest BCUT2D eigenvalue weighted by atomic mass is 79.9. The average Bonchev–Trinajstić information content (AvgIpc) is 2.08. The number of pyridine rings is 1. The first-order valence-electron chi connectivity index (χ1n) is 3.17. The van der Waals surface area contributed by atoms with Crippen LogP contribution < -0.4 is 5.43 Å². The molecule has 0 fully saturated rings. The minimum atomic E-state index is -2.95. The van der Waals surface area contributed by atoms with Crippen LogP contribution in [0, 0.1) is 11.3 Å². The van der Waals surface area contributed by atoms with E-state index in [4.69, 9.17) is 5.26 Å². The van der Waals surface area contributed by atoms with Crippen molar-refractivity contribution in [1.29, 1.82) is 5.26 Å². The third-order valence-electron chi connectivity index (χ3n) is 1.40. The van der Waals surface area contributed by atoms with Crippen molar-refractivity contribution in [1.82, 2.24) is 4.98 Å². The van der Waals surface area contributed by atoms with E-state index in [0.29, 0.717) is 0 Å². The standard InChI is InChI=1S/C7H3BrF2N2O/c8-3-2-12-4(1-11)5(6(3)13)7(9)10/h2,7H,(H,12,13). The average molecular weight is 249 g/mol. The van der Waals surface area contributed by atoms with Gasteiger partial charge in [0.05, 0.1) is 4.47 Å². The fourth-order valence-corrected chi connectivity index (χ4v) is 1.15. The molecule has 0 aromatic carbocycles. The molecule has 1 aromatic rings. The van der Waals surface area contributed by atoms with Crippen LogP contribution in [0.4, 0.5) is 8.78 Å². The first-order chi connectivity index (χ1) is 6.07. The number of nitriles is 1.